The van der Waals surface area contributed by atoms with Crippen molar-refractivity contribution >= 4 is 8.80 Å². The molecule has 1 heterocycles. The zero-order valence-electron chi connectivity index (χ0n) is 17.8. The van der Waals surface area contributed by atoms with Crippen LogP contribution in [0.5, 0.6) is 5.75 Å². The first kappa shape index (κ1) is 22.4. The van der Waals surface area contributed by atoms with Gasteiger partial charge in [0.15, 0.2) is 0 Å². The Morgan fingerprint density at radius 3 is 2.26 bits per heavy atom. The largest absolute Gasteiger partial charge is 0.501 e. The number of benzene rings is 1. The van der Waals surface area contributed by atoms with Gasteiger partial charge in [-0.3, -0.25) is 0 Å². The Balaban J connectivity index is 2.07. The summed E-state index contributed by atoms with van der Waals surface area (Å²) in [5.74, 6) is 0.907. The fourth-order valence-electron chi connectivity index (χ4n) is 3.63. The van der Waals surface area contributed by atoms with Gasteiger partial charge in [0.25, 0.3) is 0 Å². The van der Waals surface area contributed by atoms with E-state index in [1.807, 2.05) is 27.7 Å². The van der Waals surface area contributed by atoms with Crippen molar-refractivity contribution in [3.8, 4) is 5.75 Å². The molecule has 154 valence electrons. The molecule has 0 N–H and O–H groups in total. The van der Waals surface area contributed by atoms with Crippen molar-refractivity contribution < 1.29 is 22.8 Å². The van der Waals surface area contributed by atoms with Crippen LogP contribution in [0.3, 0.4) is 0 Å². The van der Waals surface area contributed by atoms with E-state index in [1.54, 1.807) is 0 Å². The fourth-order valence-corrected chi connectivity index (χ4v) is 6.23. The van der Waals surface area contributed by atoms with Gasteiger partial charge in [0.1, 0.15) is 5.75 Å². The number of aryl methyl sites for hydroxylation is 1. The maximum atomic E-state index is 6.16. The Kier molecular flexibility index (Phi) is 8.31. The van der Waals surface area contributed by atoms with Gasteiger partial charge in [-0.2, -0.15) is 0 Å². The van der Waals surface area contributed by atoms with Gasteiger partial charge in [0.2, 0.25) is 5.79 Å². The molecule has 1 aliphatic heterocycles. The third kappa shape index (κ3) is 6.29. The molecule has 0 spiro atoms. The predicted molar refractivity (Wildman–Crippen MR) is 109 cm³/mol. The summed E-state index contributed by atoms with van der Waals surface area (Å²) >= 11 is 0. The number of rotatable bonds is 11. The van der Waals surface area contributed by atoms with Gasteiger partial charge in [-0.15, -0.1) is 0 Å². The zero-order valence-corrected chi connectivity index (χ0v) is 18.8. The van der Waals surface area contributed by atoms with Gasteiger partial charge in [-0.25, -0.2) is 0 Å². The topological polar surface area (TPSA) is 46.2 Å². The Morgan fingerprint density at radius 1 is 1.07 bits per heavy atom. The molecule has 6 heteroatoms. The highest BCUT2D eigenvalue weighted by molar-refractivity contribution is 6.60. The lowest BCUT2D eigenvalue weighted by molar-refractivity contribution is -0.202. The lowest BCUT2D eigenvalue weighted by Crippen LogP contribution is -2.46. The molecule has 1 aromatic rings. The molecule has 0 aromatic heterocycles. The van der Waals surface area contributed by atoms with E-state index in [4.69, 9.17) is 22.8 Å². The average Bonchev–Trinajstić information content (AvgIpc) is 2.60. The third-order valence-corrected chi connectivity index (χ3v) is 7.62. The molecule has 1 aliphatic rings. The molecule has 0 saturated carbocycles. The Labute approximate surface area is 165 Å². The van der Waals surface area contributed by atoms with Crippen molar-refractivity contribution in [1.29, 1.82) is 0 Å². The van der Waals surface area contributed by atoms with E-state index in [0.717, 1.165) is 30.2 Å². The molecule has 0 radical (unpaired) electrons. The summed E-state index contributed by atoms with van der Waals surface area (Å²) in [4.78, 5) is 0. The van der Waals surface area contributed by atoms with Gasteiger partial charge < -0.3 is 22.8 Å². The Morgan fingerprint density at radius 2 is 1.70 bits per heavy atom. The highest BCUT2D eigenvalue weighted by atomic mass is 28.4. The first-order valence-electron chi connectivity index (χ1n) is 10.2. The van der Waals surface area contributed by atoms with E-state index in [0.29, 0.717) is 32.3 Å². The second-order valence-corrected chi connectivity index (χ2v) is 10.3. The standard InChI is InChI=1S/C21H36O5Si/c1-7-23-27(24-8-2,25-9-3)13-12-18-10-11-20-19(14-18)16-22-21(6,26-20)15-17(4)5/h10-11,14,17H,7-9,12-13,15-16H2,1-6H3. The number of hydrogen-bond acceptors (Lipinski definition) is 5. The van der Waals surface area contributed by atoms with Crippen LogP contribution in [0.2, 0.25) is 6.04 Å². The van der Waals surface area contributed by atoms with Crippen LogP contribution < -0.4 is 4.74 Å². The number of hydrogen-bond donors (Lipinski definition) is 0. The first-order valence-corrected chi connectivity index (χ1v) is 12.1. The maximum Gasteiger partial charge on any atom is 0.501 e. The van der Waals surface area contributed by atoms with Crippen molar-refractivity contribution in [2.24, 2.45) is 5.92 Å². The molecule has 0 aliphatic carbocycles. The molecular weight excluding hydrogens is 360 g/mol. The fraction of sp³-hybridized carbons (Fsp3) is 0.714. The average molecular weight is 397 g/mol. The Hall–Kier alpha value is -0.923. The molecule has 1 aromatic carbocycles. The molecule has 1 atom stereocenters. The molecule has 0 fully saturated rings. The Bertz CT molecular complexity index is 575. The van der Waals surface area contributed by atoms with Gasteiger partial charge in [-0.1, -0.05) is 19.9 Å². The van der Waals surface area contributed by atoms with E-state index >= 15 is 0 Å². The smallest absolute Gasteiger partial charge is 0.462 e. The molecule has 0 bridgehead atoms. The SMILES string of the molecule is CCO[Si](CCc1ccc2c(c1)COC(C)(CC(C)C)O2)(OCC)OCC. The monoisotopic (exact) mass is 396 g/mol. The summed E-state index contributed by atoms with van der Waals surface area (Å²) in [5.41, 5.74) is 2.33. The summed E-state index contributed by atoms with van der Waals surface area (Å²) in [6, 6.07) is 7.14. The van der Waals surface area contributed by atoms with Gasteiger partial charge >= 0.3 is 8.80 Å². The molecule has 5 nitrogen and oxygen atoms in total. The molecular formula is C21H36O5Si. The van der Waals surface area contributed by atoms with Gasteiger partial charge in [0.05, 0.1) is 6.61 Å². The van der Waals surface area contributed by atoms with Crippen LogP contribution in [0.25, 0.3) is 0 Å². The quantitative estimate of drug-likeness (QED) is 0.495. The molecule has 1 unspecified atom stereocenters. The lowest BCUT2D eigenvalue weighted by atomic mass is 10.0. The molecule has 27 heavy (non-hydrogen) atoms. The lowest BCUT2D eigenvalue weighted by Gasteiger charge is -2.37. The van der Waals surface area contributed by atoms with Crippen molar-refractivity contribution in [2.75, 3.05) is 19.8 Å². The molecule has 2 rings (SSSR count). The van der Waals surface area contributed by atoms with E-state index in [2.05, 4.69) is 32.0 Å². The summed E-state index contributed by atoms with van der Waals surface area (Å²) < 4.78 is 30.1. The minimum absolute atomic E-state index is 0.518. The van der Waals surface area contributed by atoms with Crippen LogP contribution in [0.1, 0.15) is 59.1 Å². The van der Waals surface area contributed by atoms with E-state index in [9.17, 15) is 0 Å². The van der Waals surface area contributed by atoms with Crippen LogP contribution in [-0.4, -0.2) is 34.4 Å². The van der Waals surface area contributed by atoms with Crippen LogP contribution in [0, 0.1) is 5.92 Å². The second-order valence-electron chi connectivity index (χ2n) is 7.55. The summed E-state index contributed by atoms with van der Waals surface area (Å²) in [6.07, 6.45) is 1.72. The van der Waals surface area contributed by atoms with E-state index in [1.165, 1.54) is 5.56 Å². The van der Waals surface area contributed by atoms with Crippen LogP contribution in [0.15, 0.2) is 18.2 Å². The minimum atomic E-state index is -2.62. The van der Waals surface area contributed by atoms with Crippen molar-refractivity contribution in [1.82, 2.24) is 0 Å². The predicted octanol–water partition coefficient (Wildman–Crippen LogP) is 4.95. The van der Waals surface area contributed by atoms with Crippen LogP contribution >= 0.6 is 0 Å². The number of ether oxygens (including phenoxy) is 2. The minimum Gasteiger partial charge on any atom is -0.462 e. The molecule has 0 saturated heterocycles. The van der Waals surface area contributed by atoms with E-state index in [-0.39, 0.29) is 0 Å². The zero-order chi connectivity index (χ0) is 19.9. The second kappa shape index (κ2) is 10.0. The van der Waals surface area contributed by atoms with Gasteiger partial charge in [0, 0.05) is 44.8 Å². The highest BCUT2D eigenvalue weighted by Crippen LogP contribution is 2.35. The summed E-state index contributed by atoms with van der Waals surface area (Å²) in [7, 11) is -2.62. The normalized spacial score (nSPS) is 19.8. The first-order chi connectivity index (χ1) is 12.9. The molecule has 0 amide bonds. The van der Waals surface area contributed by atoms with Crippen LogP contribution in [0.4, 0.5) is 0 Å². The highest BCUT2D eigenvalue weighted by Gasteiger charge is 2.40. The number of fused-ring (bicyclic) bond motifs is 1. The third-order valence-electron chi connectivity index (χ3n) is 4.58. The van der Waals surface area contributed by atoms with Gasteiger partial charge in [-0.05, 0) is 50.8 Å². The van der Waals surface area contributed by atoms with Crippen molar-refractivity contribution in [3.63, 3.8) is 0 Å². The summed E-state index contributed by atoms with van der Waals surface area (Å²) in [5, 5.41) is 0. The van der Waals surface area contributed by atoms with E-state index < -0.39 is 14.6 Å². The summed E-state index contributed by atoms with van der Waals surface area (Å²) in [6.45, 7) is 14.7. The van der Waals surface area contributed by atoms with Crippen molar-refractivity contribution in [2.45, 2.75) is 72.8 Å². The van der Waals surface area contributed by atoms with Crippen LogP contribution in [-0.2, 0) is 31.0 Å². The van der Waals surface area contributed by atoms with Crippen molar-refractivity contribution in [3.05, 3.63) is 29.3 Å². The maximum absolute atomic E-state index is 6.16.